The number of rotatable bonds is 9. The Labute approximate surface area is 168 Å². The molecule has 3 rings (SSSR count). The Morgan fingerprint density at radius 3 is 2.07 bits per heavy atom. The third-order valence-electron chi connectivity index (χ3n) is 4.26. The molecule has 0 bridgehead atoms. The highest BCUT2D eigenvalue weighted by atomic mass is 32.2. The summed E-state index contributed by atoms with van der Waals surface area (Å²) in [6.07, 6.45) is -4.52. The number of halogens is 2. The molecule has 0 N–H and O–H groups in total. The van der Waals surface area contributed by atoms with Gasteiger partial charge >= 0.3 is 5.92 Å². The molecule has 2 aromatic rings. The predicted octanol–water partition coefficient (Wildman–Crippen LogP) is 3.13. The summed E-state index contributed by atoms with van der Waals surface area (Å²) in [6, 6.07) is 18.0. The van der Waals surface area contributed by atoms with Crippen molar-refractivity contribution in [2.24, 2.45) is 0 Å². The van der Waals surface area contributed by atoms with Gasteiger partial charge in [-0.3, -0.25) is 0 Å². The predicted molar refractivity (Wildman–Crippen MR) is 101 cm³/mol. The van der Waals surface area contributed by atoms with Gasteiger partial charge in [-0.25, -0.2) is 4.18 Å². The molecular formula is C20H22F2O6S. The number of alkyl halides is 2. The normalized spacial score (nSPS) is 23.9. The van der Waals surface area contributed by atoms with Crippen LogP contribution in [0.15, 0.2) is 60.7 Å². The fourth-order valence-corrected chi connectivity index (χ4v) is 3.41. The second kappa shape index (κ2) is 9.27. The topological polar surface area (TPSA) is 71.1 Å². The zero-order valence-corrected chi connectivity index (χ0v) is 16.6. The summed E-state index contributed by atoms with van der Waals surface area (Å²) in [5.74, 6) is -3.68. The Balaban J connectivity index is 1.69. The van der Waals surface area contributed by atoms with Crippen LogP contribution in [0.2, 0.25) is 0 Å². The molecule has 0 aliphatic carbocycles. The van der Waals surface area contributed by atoms with Gasteiger partial charge in [-0.15, -0.1) is 0 Å². The molecule has 1 heterocycles. The molecule has 158 valence electrons. The van der Waals surface area contributed by atoms with Crippen LogP contribution < -0.4 is 0 Å². The Bertz CT molecular complexity index is 876. The summed E-state index contributed by atoms with van der Waals surface area (Å²) in [6.45, 7) is -0.117. The van der Waals surface area contributed by atoms with E-state index in [-0.39, 0.29) is 19.8 Å². The molecule has 1 fully saturated rings. The van der Waals surface area contributed by atoms with Crippen LogP contribution in [0.1, 0.15) is 11.1 Å². The lowest BCUT2D eigenvalue weighted by Gasteiger charge is -2.23. The summed E-state index contributed by atoms with van der Waals surface area (Å²) in [5.41, 5.74) is 1.56. The molecule has 29 heavy (non-hydrogen) atoms. The van der Waals surface area contributed by atoms with Gasteiger partial charge in [-0.2, -0.15) is 17.2 Å². The molecule has 3 atom stereocenters. The fourth-order valence-electron chi connectivity index (χ4n) is 2.92. The Kier molecular flexibility index (Phi) is 6.97. The first kappa shape index (κ1) is 21.8. The molecule has 0 aromatic heterocycles. The van der Waals surface area contributed by atoms with Gasteiger partial charge in [0.25, 0.3) is 10.1 Å². The van der Waals surface area contributed by atoms with Gasteiger partial charge in [-0.05, 0) is 11.1 Å². The third kappa shape index (κ3) is 6.03. The van der Waals surface area contributed by atoms with E-state index in [2.05, 4.69) is 4.18 Å². The minimum absolute atomic E-state index is 0.0920. The molecule has 9 heteroatoms. The molecule has 0 spiro atoms. The van der Waals surface area contributed by atoms with Crippen LogP contribution in [-0.4, -0.2) is 45.7 Å². The van der Waals surface area contributed by atoms with Crippen molar-refractivity contribution >= 4 is 10.1 Å². The van der Waals surface area contributed by atoms with Crippen LogP contribution in [0.4, 0.5) is 8.78 Å². The van der Waals surface area contributed by atoms with E-state index in [1.54, 1.807) is 30.3 Å². The zero-order valence-electron chi connectivity index (χ0n) is 15.7. The fraction of sp³-hybridized carbons (Fsp3) is 0.400. The molecule has 1 aliphatic rings. The van der Waals surface area contributed by atoms with Gasteiger partial charge in [0.2, 0.25) is 6.29 Å². The monoisotopic (exact) mass is 428 g/mol. The largest absolute Gasteiger partial charge is 0.374 e. The smallest absolute Gasteiger partial charge is 0.327 e. The van der Waals surface area contributed by atoms with E-state index in [4.69, 9.17) is 14.2 Å². The Hall–Kier alpha value is -1.91. The minimum Gasteiger partial charge on any atom is -0.374 e. The molecule has 0 radical (unpaired) electrons. The SMILES string of the molecule is CS(=O)(=O)OC1OC(COCc2ccccc2)C(OCc2ccccc2)C1(F)F. The maximum Gasteiger partial charge on any atom is 0.327 e. The lowest BCUT2D eigenvalue weighted by molar-refractivity contribution is -0.190. The average molecular weight is 428 g/mol. The van der Waals surface area contributed by atoms with Gasteiger partial charge < -0.3 is 14.2 Å². The summed E-state index contributed by atoms with van der Waals surface area (Å²) < 4.78 is 72.9. The molecular weight excluding hydrogens is 406 g/mol. The highest BCUT2D eigenvalue weighted by Gasteiger charge is 2.61. The lowest BCUT2D eigenvalue weighted by atomic mass is 10.1. The van der Waals surface area contributed by atoms with Gasteiger partial charge in [0, 0.05) is 0 Å². The van der Waals surface area contributed by atoms with Gasteiger partial charge in [0.1, 0.15) is 6.10 Å². The molecule has 3 unspecified atom stereocenters. The summed E-state index contributed by atoms with van der Waals surface area (Å²) in [4.78, 5) is 0. The number of hydrogen-bond acceptors (Lipinski definition) is 6. The molecule has 6 nitrogen and oxygen atoms in total. The maximum absolute atomic E-state index is 14.8. The van der Waals surface area contributed by atoms with E-state index < -0.39 is 34.5 Å². The Morgan fingerprint density at radius 2 is 1.52 bits per heavy atom. The first-order chi connectivity index (χ1) is 13.8. The van der Waals surface area contributed by atoms with Crippen molar-refractivity contribution in [3.05, 3.63) is 71.8 Å². The number of benzene rings is 2. The van der Waals surface area contributed by atoms with Crippen molar-refractivity contribution in [2.75, 3.05) is 12.9 Å². The van der Waals surface area contributed by atoms with Crippen molar-refractivity contribution in [3.63, 3.8) is 0 Å². The maximum atomic E-state index is 14.8. The van der Waals surface area contributed by atoms with E-state index in [1.807, 2.05) is 30.3 Å². The summed E-state index contributed by atoms with van der Waals surface area (Å²) in [5, 5.41) is 0. The van der Waals surface area contributed by atoms with Crippen LogP contribution in [0.3, 0.4) is 0 Å². The van der Waals surface area contributed by atoms with Crippen molar-refractivity contribution in [1.82, 2.24) is 0 Å². The summed E-state index contributed by atoms with van der Waals surface area (Å²) in [7, 11) is -4.16. The highest BCUT2D eigenvalue weighted by molar-refractivity contribution is 7.86. The first-order valence-electron chi connectivity index (χ1n) is 8.94. The van der Waals surface area contributed by atoms with Crippen molar-refractivity contribution < 1.29 is 35.6 Å². The number of ether oxygens (including phenoxy) is 3. The molecule has 1 aliphatic heterocycles. The van der Waals surface area contributed by atoms with Crippen molar-refractivity contribution in [2.45, 2.75) is 37.6 Å². The minimum atomic E-state index is -4.16. The second-order valence-corrected chi connectivity index (χ2v) is 8.30. The van der Waals surface area contributed by atoms with Crippen LogP contribution in [0.5, 0.6) is 0 Å². The van der Waals surface area contributed by atoms with Gasteiger partial charge in [-0.1, -0.05) is 60.7 Å². The summed E-state index contributed by atoms with van der Waals surface area (Å²) >= 11 is 0. The first-order valence-corrected chi connectivity index (χ1v) is 10.8. The van der Waals surface area contributed by atoms with Crippen LogP contribution >= 0.6 is 0 Å². The van der Waals surface area contributed by atoms with Crippen LogP contribution in [0.25, 0.3) is 0 Å². The van der Waals surface area contributed by atoms with E-state index in [1.165, 1.54) is 0 Å². The third-order valence-corrected chi connectivity index (χ3v) is 4.78. The van der Waals surface area contributed by atoms with E-state index in [0.717, 1.165) is 5.56 Å². The van der Waals surface area contributed by atoms with Gasteiger partial charge in [0.15, 0.2) is 6.10 Å². The standard InChI is InChI=1S/C20H22F2O6S/c1-29(23,24)28-19-20(21,22)18(26-13-16-10-6-3-7-11-16)17(27-19)14-25-12-15-8-4-2-5-9-15/h2-11,17-19H,12-14H2,1H3. The van der Waals surface area contributed by atoms with E-state index >= 15 is 0 Å². The van der Waals surface area contributed by atoms with Crippen molar-refractivity contribution in [1.29, 1.82) is 0 Å². The van der Waals surface area contributed by atoms with Gasteiger partial charge in [0.05, 0.1) is 26.1 Å². The van der Waals surface area contributed by atoms with Crippen LogP contribution in [-0.2, 0) is 41.7 Å². The average Bonchev–Trinajstić information content (AvgIpc) is 2.90. The van der Waals surface area contributed by atoms with Crippen molar-refractivity contribution in [3.8, 4) is 0 Å². The molecule has 1 saturated heterocycles. The molecule has 0 saturated carbocycles. The van der Waals surface area contributed by atoms with Crippen LogP contribution in [0, 0.1) is 0 Å². The molecule has 0 amide bonds. The molecule has 2 aromatic carbocycles. The Morgan fingerprint density at radius 1 is 0.966 bits per heavy atom. The highest BCUT2D eigenvalue weighted by Crippen LogP contribution is 2.40. The zero-order chi connectivity index (χ0) is 20.9. The quantitative estimate of drug-likeness (QED) is 0.572. The van der Waals surface area contributed by atoms with E-state index in [9.17, 15) is 17.2 Å². The number of hydrogen-bond donors (Lipinski definition) is 0. The van der Waals surface area contributed by atoms with E-state index in [0.29, 0.717) is 11.8 Å². The lowest BCUT2D eigenvalue weighted by Crippen LogP contribution is -2.44. The second-order valence-electron chi connectivity index (χ2n) is 6.70.